The van der Waals surface area contributed by atoms with Crippen molar-refractivity contribution in [3.05, 3.63) is 30.5 Å². The summed E-state index contributed by atoms with van der Waals surface area (Å²) in [4.78, 5) is 4.34. The summed E-state index contributed by atoms with van der Waals surface area (Å²) in [6, 6.07) is 7.92. The molecule has 3 N–H and O–H groups in total. The van der Waals surface area contributed by atoms with Crippen LogP contribution in [0, 0.1) is 5.92 Å². The topological polar surface area (TPSA) is 50.9 Å². The molecule has 0 fully saturated rings. The third kappa shape index (κ3) is 2.88. The van der Waals surface area contributed by atoms with Gasteiger partial charge in [0.2, 0.25) is 0 Å². The molecule has 1 heterocycles. The summed E-state index contributed by atoms with van der Waals surface area (Å²) >= 11 is 1.88. The standard InChI is InChI=1S/C14H19N3S/c1-10(9-18-2)8-17-13-6-7-16-14-11(13)4-3-5-12(14)15/h3-7,10H,8-9,15H2,1-2H3,(H,16,17). The van der Waals surface area contributed by atoms with Crippen LogP contribution >= 0.6 is 11.8 Å². The molecule has 0 aliphatic heterocycles. The van der Waals surface area contributed by atoms with E-state index in [4.69, 9.17) is 5.73 Å². The number of para-hydroxylation sites is 1. The number of hydrogen-bond acceptors (Lipinski definition) is 4. The molecular formula is C14H19N3S. The first-order valence-corrected chi connectivity index (χ1v) is 7.47. The van der Waals surface area contributed by atoms with E-state index in [2.05, 4.69) is 29.5 Å². The SMILES string of the molecule is CSCC(C)CNc1ccnc2c(N)cccc12. The van der Waals surface area contributed by atoms with Gasteiger partial charge in [0.15, 0.2) is 0 Å². The lowest BCUT2D eigenvalue weighted by atomic mass is 10.1. The molecule has 3 nitrogen and oxygen atoms in total. The van der Waals surface area contributed by atoms with E-state index < -0.39 is 0 Å². The normalized spacial score (nSPS) is 12.6. The molecule has 1 atom stereocenters. The second-order valence-electron chi connectivity index (χ2n) is 4.54. The van der Waals surface area contributed by atoms with Crippen molar-refractivity contribution in [3.8, 4) is 0 Å². The number of hydrogen-bond donors (Lipinski definition) is 2. The monoisotopic (exact) mass is 261 g/mol. The van der Waals surface area contributed by atoms with Crippen LogP contribution in [0.15, 0.2) is 30.5 Å². The first-order chi connectivity index (χ1) is 8.72. The minimum atomic E-state index is 0.643. The summed E-state index contributed by atoms with van der Waals surface area (Å²) in [6.07, 6.45) is 3.94. The van der Waals surface area contributed by atoms with E-state index in [9.17, 15) is 0 Å². The van der Waals surface area contributed by atoms with Crippen LogP contribution < -0.4 is 11.1 Å². The molecule has 1 aromatic heterocycles. The van der Waals surface area contributed by atoms with Gasteiger partial charge in [-0.15, -0.1) is 0 Å². The first kappa shape index (κ1) is 13.0. The molecule has 2 rings (SSSR count). The number of nitrogens with zero attached hydrogens (tertiary/aromatic N) is 1. The molecule has 4 heteroatoms. The highest BCUT2D eigenvalue weighted by molar-refractivity contribution is 7.98. The average Bonchev–Trinajstić information content (AvgIpc) is 2.37. The molecule has 0 bridgehead atoms. The number of nitrogens with two attached hydrogens (primary N) is 1. The molecule has 2 aromatic rings. The van der Waals surface area contributed by atoms with Crippen LogP contribution in [0.25, 0.3) is 10.9 Å². The Morgan fingerprint density at radius 1 is 1.39 bits per heavy atom. The Hall–Kier alpha value is -1.42. The Morgan fingerprint density at radius 3 is 3.00 bits per heavy atom. The zero-order chi connectivity index (χ0) is 13.0. The molecule has 0 amide bonds. The molecule has 0 saturated heterocycles. The van der Waals surface area contributed by atoms with Crippen LogP contribution in [-0.4, -0.2) is 23.5 Å². The van der Waals surface area contributed by atoms with E-state index >= 15 is 0 Å². The molecule has 1 aromatic carbocycles. The molecule has 96 valence electrons. The highest BCUT2D eigenvalue weighted by atomic mass is 32.2. The average molecular weight is 261 g/mol. The van der Waals surface area contributed by atoms with Gasteiger partial charge in [0.25, 0.3) is 0 Å². The number of anilines is 2. The predicted molar refractivity (Wildman–Crippen MR) is 82.2 cm³/mol. The summed E-state index contributed by atoms with van der Waals surface area (Å²) in [5, 5.41) is 4.58. The van der Waals surface area contributed by atoms with Gasteiger partial charge in [0, 0.05) is 23.8 Å². The Morgan fingerprint density at radius 2 is 2.22 bits per heavy atom. The Balaban J connectivity index is 2.21. The number of fused-ring (bicyclic) bond motifs is 1. The second kappa shape index (κ2) is 5.96. The maximum atomic E-state index is 5.94. The van der Waals surface area contributed by atoms with Gasteiger partial charge in [-0.2, -0.15) is 11.8 Å². The minimum Gasteiger partial charge on any atom is -0.397 e. The largest absolute Gasteiger partial charge is 0.397 e. The minimum absolute atomic E-state index is 0.643. The molecule has 0 spiro atoms. The van der Waals surface area contributed by atoms with Gasteiger partial charge in [-0.1, -0.05) is 19.1 Å². The maximum Gasteiger partial charge on any atom is 0.0951 e. The van der Waals surface area contributed by atoms with Gasteiger partial charge in [0.1, 0.15) is 0 Å². The smallest absolute Gasteiger partial charge is 0.0951 e. The van der Waals surface area contributed by atoms with Crippen molar-refractivity contribution in [3.63, 3.8) is 0 Å². The summed E-state index contributed by atoms with van der Waals surface area (Å²) in [7, 11) is 0. The summed E-state index contributed by atoms with van der Waals surface area (Å²) in [5.41, 5.74) is 8.65. The van der Waals surface area contributed by atoms with Crippen LogP contribution in [-0.2, 0) is 0 Å². The van der Waals surface area contributed by atoms with Crippen molar-refractivity contribution >= 4 is 34.0 Å². The van der Waals surface area contributed by atoms with E-state index in [1.54, 1.807) is 6.20 Å². The van der Waals surface area contributed by atoms with Crippen LogP contribution in [0.5, 0.6) is 0 Å². The number of benzene rings is 1. The lowest BCUT2D eigenvalue weighted by Gasteiger charge is -2.14. The van der Waals surface area contributed by atoms with E-state index in [0.717, 1.165) is 34.6 Å². The van der Waals surface area contributed by atoms with Gasteiger partial charge in [-0.3, -0.25) is 4.98 Å². The fourth-order valence-electron chi connectivity index (χ4n) is 1.98. The van der Waals surface area contributed by atoms with Crippen LogP contribution in [0.3, 0.4) is 0 Å². The molecular weight excluding hydrogens is 242 g/mol. The number of nitrogens with one attached hydrogen (secondary N) is 1. The van der Waals surface area contributed by atoms with E-state index in [1.165, 1.54) is 0 Å². The Kier molecular flexibility index (Phi) is 4.31. The van der Waals surface area contributed by atoms with Crippen LogP contribution in [0.4, 0.5) is 11.4 Å². The molecule has 0 aliphatic carbocycles. The van der Waals surface area contributed by atoms with Crippen molar-refractivity contribution in [2.24, 2.45) is 5.92 Å². The fraction of sp³-hybridized carbons (Fsp3) is 0.357. The van der Waals surface area contributed by atoms with Gasteiger partial charge < -0.3 is 11.1 Å². The number of rotatable bonds is 5. The van der Waals surface area contributed by atoms with E-state index in [1.807, 2.05) is 30.0 Å². The third-order valence-electron chi connectivity index (χ3n) is 2.89. The number of aromatic nitrogens is 1. The predicted octanol–water partition coefficient (Wildman–Crippen LogP) is 3.23. The van der Waals surface area contributed by atoms with E-state index in [0.29, 0.717) is 5.92 Å². The third-order valence-corrected chi connectivity index (χ3v) is 3.80. The van der Waals surface area contributed by atoms with Gasteiger partial charge in [0.05, 0.1) is 11.2 Å². The van der Waals surface area contributed by atoms with Crippen LogP contribution in [0.1, 0.15) is 6.92 Å². The first-order valence-electron chi connectivity index (χ1n) is 6.08. The maximum absolute atomic E-state index is 5.94. The summed E-state index contributed by atoms with van der Waals surface area (Å²) < 4.78 is 0. The molecule has 0 radical (unpaired) electrons. The van der Waals surface area contributed by atoms with Crippen molar-refractivity contribution in [2.45, 2.75) is 6.92 Å². The Bertz CT molecular complexity index is 527. The molecule has 0 aliphatic rings. The van der Waals surface area contributed by atoms with Crippen molar-refractivity contribution in [1.82, 2.24) is 4.98 Å². The molecule has 0 saturated carbocycles. The lowest BCUT2D eigenvalue weighted by Crippen LogP contribution is -2.13. The van der Waals surface area contributed by atoms with Crippen molar-refractivity contribution in [1.29, 1.82) is 0 Å². The fourth-order valence-corrected chi connectivity index (χ4v) is 2.67. The van der Waals surface area contributed by atoms with Crippen LogP contribution in [0.2, 0.25) is 0 Å². The van der Waals surface area contributed by atoms with E-state index in [-0.39, 0.29) is 0 Å². The van der Waals surface area contributed by atoms with Gasteiger partial charge >= 0.3 is 0 Å². The zero-order valence-corrected chi connectivity index (χ0v) is 11.6. The second-order valence-corrected chi connectivity index (χ2v) is 5.45. The summed E-state index contributed by atoms with van der Waals surface area (Å²) in [6.45, 7) is 3.22. The van der Waals surface area contributed by atoms with Gasteiger partial charge in [-0.25, -0.2) is 0 Å². The van der Waals surface area contributed by atoms with Crippen molar-refractivity contribution < 1.29 is 0 Å². The quantitative estimate of drug-likeness (QED) is 0.811. The zero-order valence-electron chi connectivity index (χ0n) is 10.8. The van der Waals surface area contributed by atoms with Gasteiger partial charge in [-0.05, 0) is 30.1 Å². The Labute approximate surface area is 112 Å². The lowest BCUT2D eigenvalue weighted by molar-refractivity contribution is 0.702. The molecule has 1 unspecified atom stereocenters. The highest BCUT2D eigenvalue weighted by Crippen LogP contribution is 2.25. The van der Waals surface area contributed by atoms with Crippen molar-refractivity contribution in [2.75, 3.05) is 29.6 Å². The number of thioether (sulfide) groups is 1. The summed E-state index contributed by atoms with van der Waals surface area (Å²) in [5.74, 6) is 1.81. The number of pyridine rings is 1. The molecule has 18 heavy (non-hydrogen) atoms. The highest BCUT2D eigenvalue weighted by Gasteiger charge is 2.05. The number of nitrogen functional groups attached to an aromatic ring is 1.